The van der Waals surface area contributed by atoms with Gasteiger partial charge in [0.05, 0.1) is 5.69 Å². The molecule has 20 heavy (non-hydrogen) atoms. The van der Waals surface area contributed by atoms with Gasteiger partial charge in [0, 0.05) is 17.8 Å². The minimum absolute atomic E-state index is 0.0753. The summed E-state index contributed by atoms with van der Waals surface area (Å²) in [5.74, 6) is -2.04. The lowest BCUT2D eigenvalue weighted by atomic mass is 10.2. The van der Waals surface area contributed by atoms with Crippen LogP contribution in [0.15, 0.2) is 48.5 Å². The monoisotopic (exact) mass is 274 g/mol. The summed E-state index contributed by atoms with van der Waals surface area (Å²) in [4.78, 5) is 11.6. The Balaban J connectivity index is 2.05. The van der Waals surface area contributed by atoms with Crippen LogP contribution < -0.4 is 11.1 Å². The molecule has 3 N–H and O–H groups in total. The standard InChI is InChI=1S/C15H12F2N2O/c16-11-5-6-14(13(17)9-11)19-15(20)7-4-10-2-1-3-12(18)8-10/h1-9H,18H2,(H,19,20)/b7-4+. The Morgan fingerprint density at radius 3 is 2.65 bits per heavy atom. The summed E-state index contributed by atoms with van der Waals surface area (Å²) < 4.78 is 26.0. The first-order valence-electron chi connectivity index (χ1n) is 5.84. The first-order chi connectivity index (χ1) is 9.54. The average molecular weight is 274 g/mol. The van der Waals surface area contributed by atoms with E-state index in [0.29, 0.717) is 11.8 Å². The summed E-state index contributed by atoms with van der Waals surface area (Å²) in [6.07, 6.45) is 2.80. The van der Waals surface area contributed by atoms with E-state index in [4.69, 9.17) is 5.73 Å². The van der Waals surface area contributed by atoms with Crippen LogP contribution in [0.4, 0.5) is 20.2 Å². The molecule has 2 aromatic rings. The minimum Gasteiger partial charge on any atom is -0.399 e. The molecule has 0 aromatic heterocycles. The van der Waals surface area contributed by atoms with E-state index in [1.54, 1.807) is 30.3 Å². The number of hydrogen-bond acceptors (Lipinski definition) is 2. The van der Waals surface area contributed by atoms with E-state index in [1.807, 2.05) is 0 Å². The fraction of sp³-hybridized carbons (Fsp3) is 0. The fourth-order valence-corrected chi connectivity index (χ4v) is 1.60. The average Bonchev–Trinajstić information content (AvgIpc) is 2.40. The van der Waals surface area contributed by atoms with Gasteiger partial charge in [-0.25, -0.2) is 8.78 Å². The van der Waals surface area contributed by atoms with Crippen molar-refractivity contribution in [3.05, 3.63) is 65.7 Å². The first kappa shape index (κ1) is 13.7. The summed E-state index contributed by atoms with van der Waals surface area (Å²) in [7, 11) is 0. The van der Waals surface area contributed by atoms with Gasteiger partial charge in [-0.15, -0.1) is 0 Å². The SMILES string of the molecule is Nc1cccc(/C=C/C(=O)Nc2ccc(F)cc2F)c1. The van der Waals surface area contributed by atoms with E-state index < -0.39 is 17.5 Å². The number of carbonyl (C=O) groups excluding carboxylic acids is 1. The minimum atomic E-state index is -0.823. The summed E-state index contributed by atoms with van der Waals surface area (Å²) in [5, 5.41) is 2.32. The second-order valence-electron chi connectivity index (χ2n) is 4.12. The number of benzene rings is 2. The zero-order chi connectivity index (χ0) is 14.5. The third kappa shape index (κ3) is 3.65. The normalized spacial score (nSPS) is 10.7. The smallest absolute Gasteiger partial charge is 0.248 e. The van der Waals surface area contributed by atoms with Crippen LogP contribution in [0.5, 0.6) is 0 Å². The van der Waals surface area contributed by atoms with E-state index >= 15 is 0 Å². The molecule has 0 aliphatic heterocycles. The number of nitrogens with one attached hydrogen (secondary N) is 1. The molecule has 0 bridgehead atoms. The quantitative estimate of drug-likeness (QED) is 0.667. The highest BCUT2D eigenvalue weighted by atomic mass is 19.1. The van der Waals surface area contributed by atoms with E-state index in [0.717, 1.165) is 17.7 Å². The van der Waals surface area contributed by atoms with Crippen LogP contribution in [-0.2, 0) is 4.79 Å². The van der Waals surface area contributed by atoms with Crippen molar-refractivity contribution in [2.45, 2.75) is 0 Å². The molecule has 102 valence electrons. The summed E-state index contributed by atoms with van der Waals surface area (Å²) in [6.45, 7) is 0. The summed E-state index contributed by atoms with van der Waals surface area (Å²) >= 11 is 0. The molecule has 5 heteroatoms. The molecule has 0 saturated heterocycles. The van der Waals surface area contributed by atoms with Crippen molar-refractivity contribution in [3.8, 4) is 0 Å². The zero-order valence-corrected chi connectivity index (χ0v) is 10.4. The molecule has 0 atom stereocenters. The number of amides is 1. The Kier molecular flexibility index (Phi) is 4.10. The van der Waals surface area contributed by atoms with Gasteiger partial charge in [-0.1, -0.05) is 12.1 Å². The van der Waals surface area contributed by atoms with Gasteiger partial charge in [0.15, 0.2) is 0 Å². The molecule has 0 aliphatic rings. The molecule has 1 amide bonds. The molecule has 2 rings (SSSR count). The van der Waals surface area contributed by atoms with Gasteiger partial charge in [0.25, 0.3) is 0 Å². The van der Waals surface area contributed by atoms with Gasteiger partial charge < -0.3 is 11.1 Å². The van der Waals surface area contributed by atoms with Gasteiger partial charge in [0.1, 0.15) is 11.6 Å². The molecule has 0 unspecified atom stereocenters. The molecule has 0 aliphatic carbocycles. The summed E-state index contributed by atoms with van der Waals surface area (Å²) in [5.41, 5.74) is 6.86. The van der Waals surface area contributed by atoms with Crippen LogP contribution in [0.25, 0.3) is 6.08 Å². The number of nitrogen functional groups attached to an aromatic ring is 1. The van der Waals surface area contributed by atoms with Gasteiger partial charge in [-0.3, -0.25) is 4.79 Å². The first-order valence-corrected chi connectivity index (χ1v) is 5.84. The number of anilines is 2. The molecule has 0 radical (unpaired) electrons. The highest BCUT2D eigenvalue weighted by Gasteiger charge is 2.05. The maximum Gasteiger partial charge on any atom is 0.248 e. The number of halogens is 2. The molecule has 0 heterocycles. The van der Waals surface area contributed by atoms with Crippen LogP contribution in [0.2, 0.25) is 0 Å². The summed E-state index contributed by atoms with van der Waals surface area (Å²) in [6, 6.07) is 9.90. The largest absolute Gasteiger partial charge is 0.399 e. The number of hydrogen-bond donors (Lipinski definition) is 2. The maximum atomic E-state index is 13.3. The Labute approximate surface area is 114 Å². The molecule has 2 aromatic carbocycles. The zero-order valence-electron chi connectivity index (χ0n) is 10.4. The topological polar surface area (TPSA) is 55.1 Å². The van der Waals surface area contributed by atoms with Crippen LogP contribution in [0.1, 0.15) is 5.56 Å². The van der Waals surface area contributed by atoms with E-state index in [9.17, 15) is 13.6 Å². The van der Waals surface area contributed by atoms with E-state index in [2.05, 4.69) is 5.32 Å². The van der Waals surface area contributed by atoms with Gasteiger partial charge in [-0.2, -0.15) is 0 Å². The van der Waals surface area contributed by atoms with Crippen LogP contribution in [-0.4, -0.2) is 5.91 Å². The van der Waals surface area contributed by atoms with Gasteiger partial charge >= 0.3 is 0 Å². The molecule has 0 spiro atoms. The Morgan fingerprint density at radius 2 is 1.95 bits per heavy atom. The Bertz CT molecular complexity index is 669. The maximum absolute atomic E-state index is 13.3. The van der Waals surface area contributed by atoms with Crippen molar-refractivity contribution in [1.82, 2.24) is 0 Å². The number of carbonyl (C=O) groups is 1. The van der Waals surface area contributed by atoms with Crippen molar-refractivity contribution in [3.63, 3.8) is 0 Å². The van der Waals surface area contributed by atoms with Gasteiger partial charge in [0.2, 0.25) is 5.91 Å². The highest BCUT2D eigenvalue weighted by Crippen LogP contribution is 2.15. The number of nitrogens with two attached hydrogens (primary N) is 1. The molecular weight excluding hydrogens is 262 g/mol. The Hall–Kier alpha value is -2.69. The molecule has 0 fully saturated rings. The van der Waals surface area contributed by atoms with E-state index in [-0.39, 0.29) is 5.69 Å². The third-order valence-corrected chi connectivity index (χ3v) is 2.53. The lowest BCUT2D eigenvalue weighted by Gasteiger charge is -2.03. The fourth-order valence-electron chi connectivity index (χ4n) is 1.60. The van der Waals surface area contributed by atoms with Crippen molar-refractivity contribution >= 4 is 23.4 Å². The molecule has 3 nitrogen and oxygen atoms in total. The van der Waals surface area contributed by atoms with Crippen LogP contribution in [0.3, 0.4) is 0 Å². The predicted molar refractivity (Wildman–Crippen MR) is 74.9 cm³/mol. The van der Waals surface area contributed by atoms with E-state index in [1.165, 1.54) is 6.08 Å². The second-order valence-corrected chi connectivity index (χ2v) is 4.12. The molecular formula is C15H12F2N2O. The lowest BCUT2D eigenvalue weighted by Crippen LogP contribution is -2.09. The lowest BCUT2D eigenvalue weighted by molar-refractivity contribution is -0.111. The predicted octanol–water partition coefficient (Wildman–Crippen LogP) is 3.20. The second kappa shape index (κ2) is 5.97. The van der Waals surface area contributed by atoms with Gasteiger partial charge in [-0.05, 0) is 35.9 Å². The number of rotatable bonds is 3. The highest BCUT2D eigenvalue weighted by molar-refractivity contribution is 6.02. The van der Waals surface area contributed by atoms with Crippen molar-refractivity contribution in [2.75, 3.05) is 11.1 Å². The van der Waals surface area contributed by atoms with Crippen molar-refractivity contribution in [2.24, 2.45) is 0 Å². The van der Waals surface area contributed by atoms with Crippen LogP contribution in [0, 0.1) is 11.6 Å². The van der Waals surface area contributed by atoms with Crippen molar-refractivity contribution in [1.29, 1.82) is 0 Å². The van der Waals surface area contributed by atoms with Crippen LogP contribution >= 0.6 is 0 Å². The molecule has 0 saturated carbocycles. The Morgan fingerprint density at radius 1 is 1.15 bits per heavy atom. The third-order valence-electron chi connectivity index (χ3n) is 2.53. The van der Waals surface area contributed by atoms with Crippen molar-refractivity contribution < 1.29 is 13.6 Å².